The number of hydrogen-bond donors (Lipinski definition) is 3. The van der Waals surface area contributed by atoms with Gasteiger partial charge in [0.05, 0.1) is 0 Å². The van der Waals surface area contributed by atoms with E-state index in [4.69, 9.17) is 5.73 Å². The van der Waals surface area contributed by atoms with E-state index in [9.17, 15) is 8.42 Å². The molecule has 0 bridgehead atoms. The van der Waals surface area contributed by atoms with Crippen molar-refractivity contribution in [2.75, 3.05) is 5.73 Å². The zero-order valence-corrected chi connectivity index (χ0v) is 11.1. The molecule has 17 heavy (non-hydrogen) atoms. The number of rotatable bonds is 4. The minimum absolute atomic E-state index is 0.179. The molecule has 0 aliphatic rings. The summed E-state index contributed by atoms with van der Waals surface area (Å²) in [6, 6.07) is 7.15. The van der Waals surface area contributed by atoms with Gasteiger partial charge >= 0.3 is 0 Å². The molecule has 0 aliphatic carbocycles. The summed E-state index contributed by atoms with van der Waals surface area (Å²) in [4.78, 5) is 0. The highest BCUT2D eigenvalue weighted by Crippen LogP contribution is 2.10. The molecule has 1 aromatic rings. The van der Waals surface area contributed by atoms with Crippen LogP contribution in [0.4, 0.5) is 5.69 Å². The standard InChI is InChI=1S/C11H19N3O2S/c1-11(2,3)14-17(15,16)13-8-9-6-4-5-7-10(9)12/h4-7,13-14H,8,12H2,1-3H3. The maximum absolute atomic E-state index is 11.7. The summed E-state index contributed by atoms with van der Waals surface area (Å²) in [7, 11) is -3.51. The summed E-state index contributed by atoms with van der Waals surface area (Å²) >= 11 is 0. The van der Waals surface area contributed by atoms with Crippen LogP contribution in [-0.4, -0.2) is 14.0 Å². The third kappa shape index (κ3) is 5.16. The van der Waals surface area contributed by atoms with Crippen LogP contribution in [-0.2, 0) is 16.8 Å². The van der Waals surface area contributed by atoms with Crippen molar-refractivity contribution >= 4 is 15.9 Å². The van der Waals surface area contributed by atoms with Gasteiger partial charge in [-0.2, -0.15) is 17.9 Å². The van der Waals surface area contributed by atoms with Gasteiger partial charge in [0.1, 0.15) is 0 Å². The molecule has 0 unspecified atom stereocenters. The van der Waals surface area contributed by atoms with Crippen LogP contribution in [0.3, 0.4) is 0 Å². The van der Waals surface area contributed by atoms with Crippen molar-refractivity contribution in [2.45, 2.75) is 32.9 Å². The molecule has 0 saturated heterocycles. The molecule has 0 amide bonds. The van der Waals surface area contributed by atoms with Crippen molar-refractivity contribution in [3.05, 3.63) is 29.8 Å². The molecule has 1 rings (SSSR count). The predicted octanol–water partition coefficient (Wildman–Crippen LogP) is 0.991. The Morgan fingerprint density at radius 3 is 2.35 bits per heavy atom. The quantitative estimate of drug-likeness (QED) is 0.703. The summed E-state index contributed by atoms with van der Waals surface area (Å²) in [5.41, 5.74) is 6.55. The zero-order valence-electron chi connectivity index (χ0n) is 10.3. The third-order valence-corrected chi connectivity index (χ3v) is 3.35. The van der Waals surface area contributed by atoms with Crippen molar-refractivity contribution in [1.29, 1.82) is 0 Å². The fourth-order valence-electron chi connectivity index (χ4n) is 1.31. The molecule has 6 heteroatoms. The van der Waals surface area contributed by atoms with Gasteiger partial charge in [0.15, 0.2) is 0 Å². The highest BCUT2D eigenvalue weighted by atomic mass is 32.2. The predicted molar refractivity (Wildman–Crippen MR) is 69.5 cm³/mol. The highest BCUT2D eigenvalue weighted by Gasteiger charge is 2.19. The third-order valence-electron chi connectivity index (χ3n) is 1.95. The number of para-hydroxylation sites is 1. The molecule has 0 atom stereocenters. The summed E-state index contributed by atoms with van der Waals surface area (Å²) in [6.07, 6.45) is 0. The van der Waals surface area contributed by atoms with E-state index in [2.05, 4.69) is 9.44 Å². The fourth-order valence-corrected chi connectivity index (χ4v) is 2.53. The number of nitrogens with two attached hydrogens (primary N) is 1. The summed E-state index contributed by atoms with van der Waals surface area (Å²) in [5, 5.41) is 0. The van der Waals surface area contributed by atoms with E-state index < -0.39 is 15.7 Å². The molecular weight excluding hydrogens is 238 g/mol. The monoisotopic (exact) mass is 257 g/mol. The molecular formula is C11H19N3O2S. The number of hydrogen-bond acceptors (Lipinski definition) is 3. The van der Waals surface area contributed by atoms with Crippen LogP contribution >= 0.6 is 0 Å². The molecule has 5 nitrogen and oxygen atoms in total. The van der Waals surface area contributed by atoms with Crippen LogP contribution in [0.1, 0.15) is 26.3 Å². The number of nitrogens with one attached hydrogen (secondary N) is 2. The molecule has 0 fully saturated rings. The Morgan fingerprint density at radius 1 is 1.24 bits per heavy atom. The molecule has 0 aromatic heterocycles. The molecule has 1 aromatic carbocycles. The Labute approximate surface area is 103 Å². The van der Waals surface area contributed by atoms with Gasteiger partial charge in [0.25, 0.3) is 10.2 Å². The van der Waals surface area contributed by atoms with Crippen LogP contribution in [0.15, 0.2) is 24.3 Å². The lowest BCUT2D eigenvalue weighted by atomic mass is 10.1. The topological polar surface area (TPSA) is 84.2 Å². The van der Waals surface area contributed by atoms with E-state index in [-0.39, 0.29) is 6.54 Å². The first-order chi connectivity index (χ1) is 7.70. The SMILES string of the molecule is CC(C)(C)NS(=O)(=O)NCc1ccccc1N. The number of nitrogen functional groups attached to an aromatic ring is 1. The van der Waals surface area contributed by atoms with Gasteiger partial charge in [-0.05, 0) is 32.4 Å². The highest BCUT2D eigenvalue weighted by molar-refractivity contribution is 7.87. The molecule has 0 spiro atoms. The molecule has 0 radical (unpaired) electrons. The van der Waals surface area contributed by atoms with Crippen LogP contribution in [0.25, 0.3) is 0 Å². The number of benzene rings is 1. The molecule has 0 aliphatic heterocycles. The Kier molecular flexibility index (Phi) is 4.13. The fraction of sp³-hybridized carbons (Fsp3) is 0.455. The van der Waals surface area contributed by atoms with E-state index in [1.165, 1.54) is 0 Å². The Bertz CT molecular complexity index is 478. The summed E-state index contributed by atoms with van der Waals surface area (Å²) in [6.45, 7) is 5.52. The molecule has 0 heterocycles. The average molecular weight is 257 g/mol. The van der Waals surface area contributed by atoms with E-state index in [0.29, 0.717) is 5.69 Å². The normalized spacial score (nSPS) is 12.6. The zero-order chi connectivity index (χ0) is 13.1. The van der Waals surface area contributed by atoms with Crippen molar-refractivity contribution in [3.8, 4) is 0 Å². The van der Waals surface area contributed by atoms with Crippen LogP contribution in [0.2, 0.25) is 0 Å². The minimum Gasteiger partial charge on any atom is -0.398 e. The maximum atomic E-state index is 11.7. The summed E-state index contributed by atoms with van der Waals surface area (Å²) in [5.74, 6) is 0. The van der Waals surface area contributed by atoms with Crippen LogP contribution in [0.5, 0.6) is 0 Å². The molecule has 96 valence electrons. The van der Waals surface area contributed by atoms with Gasteiger partial charge in [-0.1, -0.05) is 18.2 Å². The summed E-state index contributed by atoms with van der Waals surface area (Å²) < 4.78 is 28.3. The Morgan fingerprint density at radius 2 is 1.82 bits per heavy atom. The van der Waals surface area contributed by atoms with Crippen molar-refractivity contribution < 1.29 is 8.42 Å². The lowest BCUT2D eigenvalue weighted by Gasteiger charge is -2.20. The molecule has 0 saturated carbocycles. The minimum atomic E-state index is -3.51. The first kappa shape index (κ1) is 14.0. The largest absolute Gasteiger partial charge is 0.398 e. The van der Waals surface area contributed by atoms with Crippen molar-refractivity contribution in [2.24, 2.45) is 0 Å². The van der Waals surface area contributed by atoms with Gasteiger partial charge in [0.2, 0.25) is 0 Å². The molecule has 4 N–H and O–H groups in total. The van der Waals surface area contributed by atoms with E-state index in [1.54, 1.807) is 39.0 Å². The second-order valence-corrected chi connectivity index (χ2v) is 6.38. The van der Waals surface area contributed by atoms with Crippen molar-refractivity contribution in [1.82, 2.24) is 9.44 Å². The van der Waals surface area contributed by atoms with E-state index >= 15 is 0 Å². The van der Waals surface area contributed by atoms with Crippen molar-refractivity contribution in [3.63, 3.8) is 0 Å². The van der Waals surface area contributed by atoms with E-state index in [0.717, 1.165) is 5.56 Å². The van der Waals surface area contributed by atoms with Gasteiger partial charge in [-0.15, -0.1) is 0 Å². The van der Waals surface area contributed by atoms with Crippen LogP contribution in [0, 0.1) is 0 Å². The second-order valence-electron chi connectivity index (χ2n) is 4.88. The first-order valence-corrected chi connectivity index (χ1v) is 6.80. The number of anilines is 1. The lowest BCUT2D eigenvalue weighted by Crippen LogP contribution is -2.46. The van der Waals surface area contributed by atoms with Gasteiger partial charge in [-0.3, -0.25) is 0 Å². The Hall–Kier alpha value is -1.11. The van der Waals surface area contributed by atoms with Gasteiger partial charge < -0.3 is 5.73 Å². The lowest BCUT2D eigenvalue weighted by molar-refractivity contribution is 0.483. The van der Waals surface area contributed by atoms with Crippen LogP contribution < -0.4 is 15.2 Å². The van der Waals surface area contributed by atoms with E-state index in [1.807, 2.05) is 6.07 Å². The first-order valence-electron chi connectivity index (χ1n) is 5.31. The van der Waals surface area contributed by atoms with Gasteiger partial charge in [-0.25, -0.2) is 0 Å². The van der Waals surface area contributed by atoms with Gasteiger partial charge in [0, 0.05) is 17.8 Å². The smallest absolute Gasteiger partial charge is 0.277 e. The second kappa shape index (κ2) is 5.03. The maximum Gasteiger partial charge on any atom is 0.277 e. The average Bonchev–Trinajstić information content (AvgIpc) is 2.13. The Balaban J connectivity index is 2.66.